The Bertz CT molecular complexity index is 562. The molecule has 3 rings (SSSR count). The maximum absolute atomic E-state index is 12.7. The molecule has 0 radical (unpaired) electrons. The Morgan fingerprint density at radius 2 is 2.22 bits per heavy atom. The van der Waals surface area contributed by atoms with Crippen molar-refractivity contribution in [3.63, 3.8) is 0 Å². The average Bonchev–Trinajstić information content (AvgIpc) is 3.04. The molecule has 1 aromatic heterocycles. The molecule has 0 aromatic carbocycles. The van der Waals surface area contributed by atoms with Crippen molar-refractivity contribution in [3.8, 4) is 0 Å². The Balaban J connectivity index is 1.63. The SMILES string of the molecule is FC(F)(F)c1cc(SC[C@@H]2CC[C@]3(COI)CCCN23)ncn1. The monoisotopic (exact) mass is 459 g/mol. The molecule has 0 spiro atoms. The smallest absolute Gasteiger partial charge is 0.314 e. The second-order valence-corrected chi connectivity index (χ2v) is 7.68. The lowest BCUT2D eigenvalue weighted by atomic mass is 9.95. The van der Waals surface area contributed by atoms with Crippen molar-refractivity contribution in [3.05, 3.63) is 18.1 Å². The number of hydrogen-bond donors (Lipinski definition) is 0. The summed E-state index contributed by atoms with van der Waals surface area (Å²) in [5.74, 6) is 0.747. The van der Waals surface area contributed by atoms with Gasteiger partial charge < -0.3 is 3.07 Å². The van der Waals surface area contributed by atoms with Crippen LogP contribution in [-0.4, -0.2) is 45.4 Å². The second-order valence-electron chi connectivity index (χ2n) is 6.02. The number of alkyl halides is 3. The molecule has 2 atom stereocenters. The van der Waals surface area contributed by atoms with Crippen LogP contribution in [0.5, 0.6) is 0 Å². The van der Waals surface area contributed by atoms with Gasteiger partial charge >= 0.3 is 6.18 Å². The van der Waals surface area contributed by atoms with E-state index in [1.54, 1.807) is 0 Å². The highest BCUT2D eigenvalue weighted by molar-refractivity contribution is 14.1. The zero-order valence-corrected chi connectivity index (χ0v) is 15.3. The Kier molecular flexibility index (Phi) is 5.39. The third kappa shape index (κ3) is 3.77. The minimum atomic E-state index is -4.42. The van der Waals surface area contributed by atoms with Crippen LogP contribution in [0.3, 0.4) is 0 Å². The van der Waals surface area contributed by atoms with Crippen LogP contribution in [0.1, 0.15) is 31.4 Å². The molecular formula is C14H17F3IN3OS. The summed E-state index contributed by atoms with van der Waals surface area (Å²) >= 11 is 3.32. The molecule has 1 aromatic rings. The number of rotatable bonds is 5. The molecule has 0 bridgehead atoms. The summed E-state index contributed by atoms with van der Waals surface area (Å²) in [6.45, 7) is 1.77. The number of fused-ring (bicyclic) bond motifs is 1. The highest BCUT2D eigenvalue weighted by Gasteiger charge is 2.49. The quantitative estimate of drug-likeness (QED) is 0.379. The summed E-state index contributed by atoms with van der Waals surface area (Å²) in [6.07, 6.45) is 1.02. The van der Waals surface area contributed by atoms with E-state index in [-0.39, 0.29) is 5.54 Å². The lowest BCUT2D eigenvalue weighted by Crippen LogP contribution is -2.45. The zero-order valence-electron chi connectivity index (χ0n) is 12.4. The van der Waals surface area contributed by atoms with E-state index in [9.17, 15) is 13.2 Å². The van der Waals surface area contributed by atoms with Crippen LogP contribution >= 0.6 is 34.8 Å². The summed E-state index contributed by atoms with van der Waals surface area (Å²) in [7, 11) is 0. The van der Waals surface area contributed by atoms with Crippen molar-refractivity contribution < 1.29 is 16.2 Å². The molecule has 2 aliphatic rings. The molecule has 0 unspecified atom stereocenters. The fourth-order valence-electron chi connectivity index (χ4n) is 3.65. The summed E-state index contributed by atoms with van der Waals surface area (Å²) in [6, 6.07) is 1.41. The Morgan fingerprint density at radius 3 is 2.96 bits per heavy atom. The molecule has 9 heteroatoms. The van der Waals surface area contributed by atoms with Gasteiger partial charge in [-0.25, -0.2) is 9.97 Å². The fraction of sp³-hybridized carbons (Fsp3) is 0.714. The predicted octanol–water partition coefficient (Wildman–Crippen LogP) is 3.95. The summed E-state index contributed by atoms with van der Waals surface area (Å²) < 4.78 is 43.5. The molecule has 3 heterocycles. The lowest BCUT2D eigenvalue weighted by Gasteiger charge is -2.34. The first-order valence-electron chi connectivity index (χ1n) is 7.47. The highest BCUT2D eigenvalue weighted by Crippen LogP contribution is 2.44. The maximum atomic E-state index is 12.7. The summed E-state index contributed by atoms with van der Waals surface area (Å²) in [5.41, 5.74) is -0.745. The molecule has 2 aliphatic heterocycles. The molecular weight excluding hydrogens is 442 g/mol. The van der Waals surface area contributed by atoms with Crippen LogP contribution in [-0.2, 0) is 9.24 Å². The fourth-order valence-corrected chi connectivity index (χ4v) is 5.25. The van der Waals surface area contributed by atoms with E-state index in [4.69, 9.17) is 3.07 Å². The molecule has 0 N–H and O–H groups in total. The van der Waals surface area contributed by atoms with Gasteiger partial charge in [-0.2, -0.15) is 13.2 Å². The van der Waals surface area contributed by atoms with E-state index in [0.717, 1.165) is 57.0 Å². The molecule has 2 fully saturated rings. The van der Waals surface area contributed by atoms with Gasteiger partial charge in [-0.3, -0.25) is 4.90 Å². The van der Waals surface area contributed by atoms with E-state index in [1.165, 1.54) is 11.8 Å². The zero-order chi connectivity index (χ0) is 16.5. The normalized spacial score (nSPS) is 28.3. The second kappa shape index (κ2) is 7.01. The first-order chi connectivity index (χ1) is 10.9. The first kappa shape index (κ1) is 17.7. The van der Waals surface area contributed by atoms with Crippen molar-refractivity contribution >= 4 is 34.8 Å². The molecule has 2 saturated heterocycles. The number of aromatic nitrogens is 2. The number of nitrogens with zero attached hydrogens (tertiary/aromatic N) is 3. The van der Waals surface area contributed by atoms with Gasteiger partial charge in [0, 0.05) is 23.4 Å². The largest absolute Gasteiger partial charge is 0.433 e. The number of halogens is 4. The van der Waals surface area contributed by atoms with E-state index in [1.807, 2.05) is 23.0 Å². The standard InChI is InChI=1S/C14H17F3IN3OS/c15-14(16,17)11-6-12(20-9-19-11)23-7-10-2-4-13(8-22-18)3-1-5-21(10)13/h6,9-10H,1-5,7-8H2/t10-,13-/m0/s1. The Labute approximate surface area is 151 Å². The third-order valence-electron chi connectivity index (χ3n) is 4.71. The summed E-state index contributed by atoms with van der Waals surface area (Å²) in [4.78, 5) is 9.75. The van der Waals surface area contributed by atoms with Crippen molar-refractivity contribution in [1.29, 1.82) is 0 Å². The highest BCUT2D eigenvalue weighted by atomic mass is 127. The van der Waals surface area contributed by atoms with Crippen LogP contribution in [0.15, 0.2) is 17.4 Å². The van der Waals surface area contributed by atoms with Gasteiger partial charge in [-0.05, 0) is 32.2 Å². The van der Waals surface area contributed by atoms with Crippen LogP contribution < -0.4 is 0 Å². The maximum Gasteiger partial charge on any atom is 0.433 e. The van der Waals surface area contributed by atoms with Crippen molar-refractivity contribution in [1.82, 2.24) is 14.9 Å². The topological polar surface area (TPSA) is 38.2 Å². The summed E-state index contributed by atoms with van der Waals surface area (Å²) in [5, 5.41) is 0.383. The molecule has 0 aliphatic carbocycles. The van der Waals surface area contributed by atoms with Gasteiger partial charge in [-0.1, -0.05) is 0 Å². The van der Waals surface area contributed by atoms with Crippen molar-refractivity contribution in [2.75, 3.05) is 18.9 Å². The number of thioether (sulfide) groups is 1. The minimum absolute atomic E-state index is 0.134. The number of hydrogen-bond acceptors (Lipinski definition) is 5. The van der Waals surface area contributed by atoms with Crippen molar-refractivity contribution in [2.45, 2.75) is 48.5 Å². The Hall–Kier alpha value is -0.130. The van der Waals surface area contributed by atoms with Crippen LogP contribution in [0.2, 0.25) is 0 Å². The van der Waals surface area contributed by atoms with Gasteiger partial charge in [0.05, 0.1) is 6.61 Å². The average molecular weight is 459 g/mol. The van der Waals surface area contributed by atoms with Crippen LogP contribution in [0.4, 0.5) is 13.2 Å². The molecule has 128 valence electrons. The van der Waals surface area contributed by atoms with E-state index >= 15 is 0 Å². The predicted molar refractivity (Wildman–Crippen MR) is 89.4 cm³/mol. The van der Waals surface area contributed by atoms with Crippen molar-refractivity contribution in [2.24, 2.45) is 0 Å². The molecule has 0 amide bonds. The van der Waals surface area contributed by atoms with Gasteiger partial charge in [0.15, 0.2) is 0 Å². The molecule has 23 heavy (non-hydrogen) atoms. The van der Waals surface area contributed by atoms with E-state index in [0.29, 0.717) is 11.1 Å². The van der Waals surface area contributed by atoms with Gasteiger partial charge in [-0.15, -0.1) is 11.8 Å². The first-order valence-corrected chi connectivity index (χ1v) is 9.34. The van der Waals surface area contributed by atoms with Gasteiger partial charge in [0.1, 0.15) is 40.1 Å². The lowest BCUT2D eigenvalue weighted by molar-refractivity contribution is -0.141. The van der Waals surface area contributed by atoms with Crippen LogP contribution in [0.25, 0.3) is 0 Å². The molecule has 0 saturated carbocycles. The van der Waals surface area contributed by atoms with Crippen LogP contribution in [0, 0.1) is 0 Å². The van der Waals surface area contributed by atoms with E-state index in [2.05, 4.69) is 14.9 Å². The van der Waals surface area contributed by atoms with Gasteiger partial charge in [0.25, 0.3) is 0 Å². The Morgan fingerprint density at radius 1 is 1.39 bits per heavy atom. The van der Waals surface area contributed by atoms with E-state index < -0.39 is 11.9 Å². The third-order valence-corrected chi connectivity index (χ3v) is 6.10. The minimum Gasteiger partial charge on any atom is -0.314 e. The van der Waals surface area contributed by atoms with Gasteiger partial charge in [0.2, 0.25) is 0 Å². The molecule has 4 nitrogen and oxygen atoms in total.